The molecule has 2 bridgehead atoms. The summed E-state index contributed by atoms with van der Waals surface area (Å²) in [7, 11) is 0. The number of amides is 3. The van der Waals surface area contributed by atoms with Crippen LogP contribution in [0.3, 0.4) is 0 Å². The van der Waals surface area contributed by atoms with E-state index in [1.54, 1.807) is 24.3 Å². The number of nitriles is 1. The molecule has 0 aromatic heterocycles. The number of nitrogens with one attached hydrogen (secondary N) is 3. The minimum Gasteiger partial charge on any atom is -0.374 e. The van der Waals surface area contributed by atoms with Crippen molar-refractivity contribution in [3.05, 3.63) is 29.3 Å². The van der Waals surface area contributed by atoms with Crippen molar-refractivity contribution in [2.75, 3.05) is 11.9 Å². The van der Waals surface area contributed by atoms with Gasteiger partial charge in [-0.15, -0.1) is 0 Å². The second-order valence-electron chi connectivity index (χ2n) is 11.4. The SMILES string of the molecule is N#C[C@@H](C[C@H]1CCCNC1=O)NC(=O)[C@@H]1[C@@H]2CC[C@@H](CC2(F)F)N1C(=O)[C@H](CC1CC1)Nc1cccc(Cl)c1. The van der Waals surface area contributed by atoms with Crippen molar-refractivity contribution in [1.29, 1.82) is 5.26 Å². The molecule has 3 saturated heterocycles. The second-order valence-corrected chi connectivity index (χ2v) is 11.9. The van der Waals surface area contributed by atoms with Crippen LogP contribution in [0, 0.1) is 29.1 Å². The van der Waals surface area contributed by atoms with Crippen LogP contribution in [0.25, 0.3) is 0 Å². The molecule has 11 heteroatoms. The highest BCUT2D eigenvalue weighted by Crippen LogP contribution is 2.49. The molecule has 6 rings (SSSR count). The third-order valence-corrected chi connectivity index (χ3v) is 8.82. The van der Waals surface area contributed by atoms with Crippen LogP contribution < -0.4 is 16.0 Å². The molecule has 0 radical (unpaired) electrons. The Morgan fingerprint density at radius 3 is 2.67 bits per heavy atom. The molecule has 0 unspecified atom stereocenters. The van der Waals surface area contributed by atoms with E-state index < -0.39 is 54.3 Å². The summed E-state index contributed by atoms with van der Waals surface area (Å²) in [4.78, 5) is 41.3. The maximum Gasteiger partial charge on any atom is 0.255 e. The van der Waals surface area contributed by atoms with Crippen molar-refractivity contribution in [1.82, 2.24) is 15.5 Å². The minimum atomic E-state index is -3.10. The van der Waals surface area contributed by atoms with Gasteiger partial charge in [0.15, 0.2) is 0 Å². The molecular formula is C28H34ClF2N5O3. The van der Waals surface area contributed by atoms with E-state index in [4.69, 9.17) is 11.6 Å². The highest BCUT2D eigenvalue weighted by molar-refractivity contribution is 6.30. The Balaban J connectivity index is 1.38. The zero-order valence-electron chi connectivity index (χ0n) is 21.7. The summed E-state index contributed by atoms with van der Waals surface area (Å²) in [6, 6.07) is 5.10. The molecule has 3 N–H and O–H groups in total. The molecule has 2 saturated carbocycles. The molecule has 39 heavy (non-hydrogen) atoms. The fourth-order valence-electron chi connectivity index (χ4n) is 6.44. The van der Waals surface area contributed by atoms with Crippen LogP contribution in [-0.2, 0) is 14.4 Å². The summed E-state index contributed by atoms with van der Waals surface area (Å²) in [6.07, 6.45) is 4.01. The third kappa shape index (κ3) is 6.13. The molecule has 210 valence electrons. The molecule has 6 atom stereocenters. The van der Waals surface area contributed by atoms with Crippen LogP contribution in [0.2, 0.25) is 5.02 Å². The number of benzene rings is 1. The second kappa shape index (κ2) is 11.3. The predicted octanol–water partition coefficient (Wildman–Crippen LogP) is 3.86. The number of hydrogen-bond donors (Lipinski definition) is 3. The number of piperidine rings is 3. The molecule has 3 heterocycles. The van der Waals surface area contributed by atoms with Gasteiger partial charge in [0.1, 0.15) is 18.1 Å². The Labute approximate surface area is 231 Å². The average molecular weight is 562 g/mol. The molecule has 1 aromatic carbocycles. The number of alkyl halides is 2. The maximum absolute atomic E-state index is 15.1. The number of nitrogens with zero attached hydrogens (tertiary/aromatic N) is 2. The van der Waals surface area contributed by atoms with Crippen LogP contribution in [0.4, 0.5) is 14.5 Å². The van der Waals surface area contributed by atoms with Gasteiger partial charge in [0, 0.05) is 35.6 Å². The minimum absolute atomic E-state index is 0.0971. The normalized spacial score (nSPS) is 29.1. The summed E-state index contributed by atoms with van der Waals surface area (Å²) in [5, 5.41) is 18.9. The molecule has 3 aliphatic heterocycles. The Bertz CT molecular complexity index is 1160. The highest BCUT2D eigenvalue weighted by atomic mass is 35.5. The van der Waals surface area contributed by atoms with Crippen LogP contribution in [0.5, 0.6) is 0 Å². The molecule has 5 aliphatic rings. The maximum atomic E-state index is 15.1. The number of hydrogen-bond acceptors (Lipinski definition) is 5. The highest BCUT2D eigenvalue weighted by Gasteiger charge is 2.61. The van der Waals surface area contributed by atoms with Gasteiger partial charge in [0.05, 0.1) is 12.0 Å². The first-order valence-electron chi connectivity index (χ1n) is 13.9. The van der Waals surface area contributed by atoms with Crippen molar-refractivity contribution in [3.8, 4) is 6.07 Å². The van der Waals surface area contributed by atoms with Gasteiger partial charge in [-0.3, -0.25) is 14.4 Å². The van der Waals surface area contributed by atoms with Crippen LogP contribution in [0.15, 0.2) is 24.3 Å². The molecule has 8 nitrogen and oxygen atoms in total. The number of halogens is 3. The zero-order valence-corrected chi connectivity index (χ0v) is 22.4. The Kier molecular flexibility index (Phi) is 7.99. The summed E-state index contributed by atoms with van der Waals surface area (Å²) in [6.45, 7) is 0.571. The van der Waals surface area contributed by atoms with Crippen molar-refractivity contribution in [2.24, 2.45) is 17.8 Å². The number of rotatable bonds is 9. The van der Waals surface area contributed by atoms with Gasteiger partial charge in [-0.1, -0.05) is 30.5 Å². The van der Waals surface area contributed by atoms with Gasteiger partial charge >= 0.3 is 0 Å². The van der Waals surface area contributed by atoms with E-state index in [-0.39, 0.29) is 24.7 Å². The fraction of sp³-hybridized carbons (Fsp3) is 0.643. The first-order chi connectivity index (χ1) is 18.7. The predicted molar refractivity (Wildman–Crippen MR) is 141 cm³/mol. The average Bonchev–Trinajstić information content (AvgIpc) is 3.72. The largest absolute Gasteiger partial charge is 0.374 e. The summed E-state index contributed by atoms with van der Waals surface area (Å²) in [5.74, 6) is -5.83. The van der Waals surface area contributed by atoms with Gasteiger partial charge in [-0.25, -0.2) is 8.78 Å². The lowest BCUT2D eigenvalue weighted by Crippen LogP contribution is -2.70. The molecule has 1 aromatic rings. The molecular weight excluding hydrogens is 528 g/mol. The first-order valence-corrected chi connectivity index (χ1v) is 14.2. The standard InChI is InChI=1S/C28H34ClF2N5O3/c29-18-4-1-5-19(13-18)34-23(11-16-6-7-16)27(39)36-21-8-9-22(28(30,31)14-21)24(36)26(38)35-20(15-32)12-17-3-2-10-33-25(17)37/h1,4-5,13,16-17,20-24,34H,2-3,6-12,14H2,(H,33,37)(H,35,38)/t17-,20-,21+,22+,23+,24+/m1/s1. The Morgan fingerprint density at radius 1 is 1.21 bits per heavy atom. The number of fused-ring (bicyclic) bond motifs is 3. The van der Waals surface area contributed by atoms with Gasteiger partial charge in [0.2, 0.25) is 17.7 Å². The van der Waals surface area contributed by atoms with E-state index in [2.05, 4.69) is 16.0 Å². The molecule has 5 fully saturated rings. The lowest BCUT2D eigenvalue weighted by molar-refractivity contribution is -0.194. The van der Waals surface area contributed by atoms with Crippen LogP contribution in [-0.4, -0.2) is 59.3 Å². The van der Waals surface area contributed by atoms with Crippen molar-refractivity contribution >= 4 is 35.0 Å². The van der Waals surface area contributed by atoms with Crippen molar-refractivity contribution in [2.45, 2.75) is 87.9 Å². The monoisotopic (exact) mass is 561 g/mol. The van der Waals surface area contributed by atoms with E-state index in [0.717, 1.165) is 19.3 Å². The van der Waals surface area contributed by atoms with E-state index in [1.807, 2.05) is 6.07 Å². The van der Waals surface area contributed by atoms with Crippen LogP contribution in [0.1, 0.15) is 57.8 Å². The lowest BCUT2D eigenvalue weighted by atomic mass is 9.71. The first kappa shape index (κ1) is 27.6. The summed E-state index contributed by atoms with van der Waals surface area (Å²) in [5.41, 5.74) is 0.644. The van der Waals surface area contributed by atoms with E-state index in [0.29, 0.717) is 42.4 Å². The number of carbonyl (C=O) groups excluding carboxylic acids is 3. The van der Waals surface area contributed by atoms with Gasteiger partial charge in [-0.2, -0.15) is 5.26 Å². The molecule has 2 aliphatic carbocycles. The smallest absolute Gasteiger partial charge is 0.255 e. The van der Waals surface area contributed by atoms with E-state index in [1.165, 1.54) is 4.90 Å². The van der Waals surface area contributed by atoms with Crippen LogP contribution >= 0.6 is 11.6 Å². The Morgan fingerprint density at radius 2 is 2.00 bits per heavy atom. The van der Waals surface area contributed by atoms with Crippen molar-refractivity contribution < 1.29 is 23.2 Å². The fourth-order valence-corrected chi connectivity index (χ4v) is 6.63. The lowest BCUT2D eigenvalue weighted by Gasteiger charge is -2.54. The van der Waals surface area contributed by atoms with E-state index in [9.17, 15) is 19.6 Å². The summed E-state index contributed by atoms with van der Waals surface area (Å²) >= 11 is 6.14. The zero-order chi connectivity index (χ0) is 27.7. The summed E-state index contributed by atoms with van der Waals surface area (Å²) < 4.78 is 30.3. The number of carbonyl (C=O) groups is 3. The number of anilines is 1. The Hall–Kier alpha value is -2.93. The molecule has 3 amide bonds. The van der Waals surface area contributed by atoms with Gasteiger partial charge < -0.3 is 20.9 Å². The quantitative estimate of drug-likeness (QED) is 0.424. The van der Waals surface area contributed by atoms with Gasteiger partial charge in [0.25, 0.3) is 5.92 Å². The van der Waals surface area contributed by atoms with Gasteiger partial charge in [-0.05, 0) is 62.6 Å². The van der Waals surface area contributed by atoms with E-state index >= 15 is 8.78 Å². The topological polar surface area (TPSA) is 114 Å². The third-order valence-electron chi connectivity index (χ3n) is 8.58. The van der Waals surface area contributed by atoms with Crippen molar-refractivity contribution in [3.63, 3.8) is 0 Å². The molecule has 0 spiro atoms.